The second-order valence-electron chi connectivity index (χ2n) is 2.50. The van der Waals surface area contributed by atoms with Gasteiger partial charge in [0.15, 0.2) is 6.33 Å². The maximum atomic E-state index is 5.98. The maximum absolute atomic E-state index is 5.98. The molecule has 0 spiro atoms. The Labute approximate surface area is 85.5 Å². The van der Waals surface area contributed by atoms with Crippen LogP contribution in [-0.2, 0) is 0 Å². The van der Waals surface area contributed by atoms with Crippen LogP contribution in [0.15, 0.2) is 24.4 Å². The van der Waals surface area contributed by atoms with E-state index in [1.54, 1.807) is 12.3 Å². The average Bonchev–Trinajstić information content (AvgIpc) is 2.62. The number of hydrogen-bond acceptors (Lipinski definition) is 1. The summed E-state index contributed by atoms with van der Waals surface area (Å²) in [7, 11) is 0. The Bertz CT molecular complexity index is 410. The summed E-state index contributed by atoms with van der Waals surface area (Å²) in [6, 6.07) is 5.43. The van der Waals surface area contributed by atoms with Crippen LogP contribution < -0.4 is 0 Å². The lowest BCUT2D eigenvalue weighted by Gasteiger charge is -2.01. The highest BCUT2D eigenvalue weighted by atomic mass is 35.5. The average molecular weight is 212 g/mol. The molecule has 0 saturated heterocycles. The van der Waals surface area contributed by atoms with Crippen molar-refractivity contribution in [2.75, 3.05) is 0 Å². The van der Waals surface area contributed by atoms with Gasteiger partial charge in [-0.05, 0) is 6.07 Å². The third-order valence-electron chi connectivity index (χ3n) is 1.68. The van der Waals surface area contributed by atoms with Gasteiger partial charge in [-0.2, -0.15) is 0 Å². The molecular formula is C9H5Cl2N2. The number of hydrogen-bond donors (Lipinski definition) is 1. The van der Waals surface area contributed by atoms with E-state index in [0.717, 1.165) is 11.3 Å². The van der Waals surface area contributed by atoms with Crippen molar-refractivity contribution in [2.24, 2.45) is 0 Å². The molecule has 0 bridgehead atoms. The molecule has 1 radical (unpaired) electrons. The third-order valence-corrected chi connectivity index (χ3v) is 2.50. The second kappa shape index (κ2) is 3.40. The molecule has 2 aromatic rings. The molecule has 0 unspecified atom stereocenters. The van der Waals surface area contributed by atoms with Crippen molar-refractivity contribution in [3.8, 4) is 11.3 Å². The number of rotatable bonds is 1. The Hall–Kier alpha value is -0.990. The van der Waals surface area contributed by atoms with Crippen LogP contribution in [-0.4, -0.2) is 9.97 Å². The maximum Gasteiger partial charge on any atom is 0.174 e. The summed E-state index contributed by atoms with van der Waals surface area (Å²) in [5.74, 6) is 0. The quantitative estimate of drug-likeness (QED) is 0.772. The lowest BCUT2D eigenvalue weighted by molar-refractivity contribution is 1.29. The fourth-order valence-corrected chi connectivity index (χ4v) is 1.46. The van der Waals surface area contributed by atoms with E-state index < -0.39 is 0 Å². The zero-order valence-corrected chi connectivity index (χ0v) is 8.02. The van der Waals surface area contributed by atoms with Crippen molar-refractivity contribution in [3.63, 3.8) is 0 Å². The van der Waals surface area contributed by atoms with Crippen molar-refractivity contribution in [1.29, 1.82) is 0 Å². The van der Waals surface area contributed by atoms with E-state index >= 15 is 0 Å². The van der Waals surface area contributed by atoms with Crippen LogP contribution in [0.4, 0.5) is 0 Å². The predicted molar refractivity (Wildman–Crippen MR) is 52.9 cm³/mol. The number of imidazole rings is 1. The fourth-order valence-electron chi connectivity index (χ4n) is 1.07. The molecule has 0 aliphatic rings. The first kappa shape index (κ1) is 8.60. The van der Waals surface area contributed by atoms with Crippen LogP contribution in [0, 0.1) is 6.33 Å². The predicted octanol–water partition coefficient (Wildman–Crippen LogP) is 3.18. The van der Waals surface area contributed by atoms with E-state index in [4.69, 9.17) is 23.2 Å². The van der Waals surface area contributed by atoms with E-state index in [9.17, 15) is 0 Å². The van der Waals surface area contributed by atoms with Crippen molar-refractivity contribution in [2.45, 2.75) is 0 Å². The fraction of sp³-hybridized carbons (Fsp3) is 0. The first-order chi connectivity index (χ1) is 6.29. The standard InChI is InChI=1S/C9H5Cl2N2/c10-7-3-1-2-6(9(7)11)8-4-12-5-13-8/h1-4H,(H,12,13). The van der Waals surface area contributed by atoms with Crippen molar-refractivity contribution >= 4 is 23.2 Å². The molecule has 13 heavy (non-hydrogen) atoms. The smallest absolute Gasteiger partial charge is 0.174 e. The Morgan fingerprint density at radius 1 is 1.31 bits per heavy atom. The number of nitrogens with zero attached hydrogens (tertiary/aromatic N) is 1. The van der Waals surface area contributed by atoms with Gasteiger partial charge in [-0.1, -0.05) is 35.3 Å². The Kier molecular flexibility index (Phi) is 2.25. The van der Waals surface area contributed by atoms with E-state index in [0.29, 0.717) is 10.0 Å². The van der Waals surface area contributed by atoms with Gasteiger partial charge in [0.05, 0.1) is 15.7 Å². The monoisotopic (exact) mass is 211 g/mol. The molecule has 0 aliphatic heterocycles. The Morgan fingerprint density at radius 2 is 2.15 bits per heavy atom. The number of aromatic nitrogens is 2. The molecule has 0 atom stereocenters. The molecular weight excluding hydrogens is 207 g/mol. The van der Waals surface area contributed by atoms with Crippen molar-refractivity contribution in [3.05, 3.63) is 40.8 Å². The van der Waals surface area contributed by atoms with Gasteiger partial charge in [0, 0.05) is 11.8 Å². The summed E-state index contributed by atoms with van der Waals surface area (Å²) in [6.45, 7) is 0. The number of aromatic amines is 1. The summed E-state index contributed by atoms with van der Waals surface area (Å²) in [5, 5.41) is 1.05. The molecule has 2 nitrogen and oxygen atoms in total. The number of nitrogens with one attached hydrogen (secondary N) is 1. The van der Waals surface area contributed by atoms with Gasteiger partial charge < -0.3 is 4.98 Å². The van der Waals surface area contributed by atoms with Crippen LogP contribution in [0.3, 0.4) is 0 Å². The molecule has 1 N–H and O–H groups in total. The van der Waals surface area contributed by atoms with Crippen molar-refractivity contribution < 1.29 is 0 Å². The lowest BCUT2D eigenvalue weighted by atomic mass is 10.2. The van der Waals surface area contributed by atoms with Gasteiger partial charge >= 0.3 is 0 Å². The van der Waals surface area contributed by atoms with Crippen LogP contribution in [0.25, 0.3) is 11.3 Å². The zero-order valence-electron chi connectivity index (χ0n) is 6.51. The minimum Gasteiger partial charge on any atom is -0.341 e. The van der Waals surface area contributed by atoms with Crippen LogP contribution >= 0.6 is 23.2 Å². The van der Waals surface area contributed by atoms with Crippen LogP contribution in [0.1, 0.15) is 0 Å². The normalized spacial score (nSPS) is 10.3. The highest BCUT2D eigenvalue weighted by molar-refractivity contribution is 6.43. The van der Waals surface area contributed by atoms with Crippen molar-refractivity contribution in [1.82, 2.24) is 9.97 Å². The van der Waals surface area contributed by atoms with E-state index in [-0.39, 0.29) is 0 Å². The van der Waals surface area contributed by atoms with Gasteiger partial charge in [0.25, 0.3) is 0 Å². The molecule has 0 amide bonds. The second-order valence-corrected chi connectivity index (χ2v) is 3.28. The summed E-state index contributed by atoms with van der Waals surface area (Å²) < 4.78 is 0. The van der Waals surface area contributed by atoms with Gasteiger partial charge in [-0.15, -0.1) is 0 Å². The van der Waals surface area contributed by atoms with Gasteiger partial charge in [0.2, 0.25) is 0 Å². The molecule has 4 heteroatoms. The molecule has 65 valence electrons. The Morgan fingerprint density at radius 3 is 2.85 bits per heavy atom. The topological polar surface area (TPSA) is 28.7 Å². The molecule has 0 saturated carbocycles. The molecule has 1 aromatic heterocycles. The first-order valence-corrected chi connectivity index (χ1v) is 4.40. The molecule has 0 aliphatic carbocycles. The van der Waals surface area contributed by atoms with Gasteiger partial charge in [0.1, 0.15) is 0 Å². The van der Waals surface area contributed by atoms with E-state index in [1.807, 2.05) is 12.1 Å². The highest BCUT2D eigenvalue weighted by Gasteiger charge is 2.07. The van der Waals surface area contributed by atoms with Gasteiger partial charge in [-0.3, -0.25) is 0 Å². The van der Waals surface area contributed by atoms with E-state index in [1.165, 1.54) is 0 Å². The number of H-pyrrole nitrogens is 1. The molecule has 0 fully saturated rings. The zero-order chi connectivity index (χ0) is 9.26. The lowest BCUT2D eigenvalue weighted by Crippen LogP contribution is -1.79. The minimum atomic E-state index is 0.518. The number of halogens is 2. The third kappa shape index (κ3) is 1.55. The minimum absolute atomic E-state index is 0.518. The summed E-state index contributed by atoms with van der Waals surface area (Å²) in [4.78, 5) is 6.70. The van der Waals surface area contributed by atoms with Crippen LogP contribution in [0.5, 0.6) is 0 Å². The summed E-state index contributed by atoms with van der Waals surface area (Å²) in [5.41, 5.74) is 1.55. The molecule has 2 rings (SSSR count). The number of benzene rings is 1. The molecule has 1 heterocycles. The summed E-state index contributed by atoms with van der Waals surface area (Å²) >= 11 is 11.8. The molecule has 1 aromatic carbocycles. The van der Waals surface area contributed by atoms with Crippen LogP contribution in [0.2, 0.25) is 10.0 Å². The van der Waals surface area contributed by atoms with E-state index in [2.05, 4.69) is 16.3 Å². The Balaban J connectivity index is 2.59. The highest BCUT2D eigenvalue weighted by Crippen LogP contribution is 2.31. The van der Waals surface area contributed by atoms with Gasteiger partial charge in [-0.25, -0.2) is 4.98 Å². The largest absolute Gasteiger partial charge is 0.341 e. The first-order valence-electron chi connectivity index (χ1n) is 3.65. The SMILES string of the molecule is Clc1cccc(-c2c[nH][c]n2)c1Cl. The summed E-state index contributed by atoms with van der Waals surface area (Å²) in [6.07, 6.45) is 4.32.